The van der Waals surface area contributed by atoms with E-state index in [9.17, 15) is 4.79 Å². The first kappa shape index (κ1) is 11.1. The molecule has 1 nitrogen and oxygen atoms in total. The fraction of sp³-hybridized carbons (Fsp3) is 0.125. The summed E-state index contributed by atoms with van der Waals surface area (Å²) in [5, 5.41) is 0.694. The normalized spacial score (nSPS) is 10.2. The van der Waals surface area contributed by atoms with Crippen molar-refractivity contribution in [1.82, 2.24) is 0 Å². The molecule has 0 aliphatic rings. The second-order valence-electron chi connectivity index (χ2n) is 2.41. The van der Waals surface area contributed by atoms with Gasteiger partial charge in [0.15, 0.2) is 6.29 Å². The highest BCUT2D eigenvalue weighted by Crippen LogP contribution is 2.40. The summed E-state index contributed by atoms with van der Waals surface area (Å²) >= 11 is 23.1. The van der Waals surface area contributed by atoms with E-state index in [2.05, 4.69) is 0 Å². The zero-order chi connectivity index (χ0) is 10.2. The zero-order valence-corrected chi connectivity index (χ0v) is 9.52. The molecule has 0 saturated carbocycles. The van der Waals surface area contributed by atoms with Crippen molar-refractivity contribution in [2.45, 2.75) is 6.92 Å². The summed E-state index contributed by atoms with van der Waals surface area (Å²) < 4.78 is 0. The summed E-state index contributed by atoms with van der Waals surface area (Å²) in [6.45, 7) is 1.65. The van der Waals surface area contributed by atoms with Crippen LogP contribution in [0.15, 0.2) is 0 Å². The van der Waals surface area contributed by atoms with Gasteiger partial charge in [-0.1, -0.05) is 46.4 Å². The number of halogens is 4. The Kier molecular flexibility index (Phi) is 3.47. The number of hydrogen-bond donors (Lipinski definition) is 0. The van der Waals surface area contributed by atoms with E-state index in [1.165, 1.54) is 0 Å². The highest BCUT2D eigenvalue weighted by atomic mass is 35.5. The van der Waals surface area contributed by atoms with E-state index in [1.807, 2.05) is 0 Å². The molecule has 0 aromatic heterocycles. The van der Waals surface area contributed by atoms with Crippen molar-refractivity contribution < 1.29 is 4.79 Å². The maximum absolute atomic E-state index is 10.6. The number of hydrogen-bond acceptors (Lipinski definition) is 1. The number of carbonyl (C=O) groups is 1. The summed E-state index contributed by atoms with van der Waals surface area (Å²) in [5.74, 6) is 0. The molecule has 0 N–H and O–H groups in total. The van der Waals surface area contributed by atoms with Crippen molar-refractivity contribution in [3.63, 3.8) is 0 Å². The van der Waals surface area contributed by atoms with Gasteiger partial charge in [0.2, 0.25) is 0 Å². The fourth-order valence-electron chi connectivity index (χ4n) is 0.899. The van der Waals surface area contributed by atoms with Gasteiger partial charge in [-0.15, -0.1) is 0 Å². The van der Waals surface area contributed by atoms with Crippen LogP contribution in [0.4, 0.5) is 0 Å². The summed E-state index contributed by atoms with van der Waals surface area (Å²) in [7, 11) is 0. The minimum Gasteiger partial charge on any atom is -0.298 e. The van der Waals surface area contributed by atoms with Gasteiger partial charge in [-0.3, -0.25) is 4.79 Å². The minimum absolute atomic E-state index is 0.112. The van der Waals surface area contributed by atoms with Crippen LogP contribution in [0.1, 0.15) is 15.9 Å². The summed E-state index contributed by atoms with van der Waals surface area (Å²) in [4.78, 5) is 10.6. The van der Waals surface area contributed by atoms with E-state index in [0.717, 1.165) is 0 Å². The van der Waals surface area contributed by atoms with Crippen molar-refractivity contribution in [2.75, 3.05) is 0 Å². The molecule has 0 bridgehead atoms. The SMILES string of the molecule is Cc1c(Cl)c(Cl)c(Cl)c(Cl)c1C=O. The molecule has 1 aromatic rings. The molecule has 0 aliphatic carbocycles. The molecule has 0 fully saturated rings. The first-order valence-corrected chi connectivity index (χ1v) is 4.79. The van der Waals surface area contributed by atoms with Crippen molar-refractivity contribution in [3.05, 3.63) is 31.2 Å². The van der Waals surface area contributed by atoms with Crippen LogP contribution in [0.2, 0.25) is 20.1 Å². The second-order valence-corrected chi connectivity index (χ2v) is 3.92. The predicted octanol–water partition coefficient (Wildman–Crippen LogP) is 4.42. The second kappa shape index (κ2) is 4.05. The third-order valence-electron chi connectivity index (χ3n) is 1.67. The van der Waals surface area contributed by atoms with Crippen molar-refractivity contribution in [2.24, 2.45) is 0 Å². The van der Waals surface area contributed by atoms with Crippen LogP contribution in [-0.4, -0.2) is 6.29 Å². The largest absolute Gasteiger partial charge is 0.298 e. The molecule has 1 rings (SSSR count). The first-order chi connectivity index (χ1) is 6.00. The van der Waals surface area contributed by atoms with Crippen LogP contribution in [0.25, 0.3) is 0 Å². The molecule has 0 radical (unpaired) electrons. The predicted molar refractivity (Wildman–Crippen MR) is 56.6 cm³/mol. The molecule has 0 aliphatic heterocycles. The Morgan fingerprint density at radius 3 is 1.85 bits per heavy atom. The maximum Gasteiger partial charge on any atom is 0.151 e. The van der Waals surface area contributed by atoms with Crippen molar-refractivity contribution >= 4 is 52.7 Å². The van der Waals surface area contributed by atoms with Gasteiger partial charge < -0.3 is 0 Å². The van der Waals surface area contributed by atoms with Crippen molar-refractivity contribution in [3.8, 4) is 0 Å². The van der Waals surface area contributed by atoms with Crippen LogP contribution in [0.5, 0.6) is 0 Å². The van der Waals surface area contributed by atoms with Crippen LogP contribution in [-0.2, 0) is 0 Å². The number of benzene rings is 1. The summed E-state index contributed by atoms with van der Waals surface area (Å²) in [6, 6.07) is 0. The van der Waals surface area contributed by atoms with Gasteiger partial charge in [-0.25, -0.2) is 0 Å². The highest BCUT2D eigenvalue weighted by molar-refractivity contribution is 6.52. The summed E-state index contributed by atoms with van der Waals surface area (Å²) in [5.41, 5.74) is 0.817. The lowest BCUT2D eigenvalue weighted by molar-refractivity contribution is 0.112. The Balaban J connectivity index is 3.66. The Labute approximate surface area is 95.5 Å². The van der Waals surface area contributed by atoms with E-state index in [1.54, 1.807) is 6.92 Å². The smallest absolute Gasteiger partial charge is 0.151 e. The molecule has 0 amide bonds. The third-order valence-corrected chi connectivity index (χ3v) is 3.58. The van der Waals surface area contributed by atoms with Gasteiger partial charge in [-0.05, 0) is 12.5 Å². The molecule has 0 spiro atoms. The lowest BCUT2D eigenvalue weighted by atomic mass is 10.1. The maximum atomic E-state index is 10.6. The Hall–Kier alpha value is 0.0500. The Morgan fingerprint density at radius 2 is 1.38 bits per heavy atom. The van der Waals surface area contributed by atoms with Crippen molar-refractivity contribution in [1.29, 1.82) is 0 Å². The molecule has 0 saturated heterocycles. The molecule has 13 heavy (non-hydrogen) atoms. The zero-order valence-electron chi connectivity index (χ0n) is 6.50. The van der Waals surface area contributed by atoms with Crippen LogP contribution < -0.4 is 0 Å². The molecular weight excluding hydrogens is 254 g/mol. The average molecular weight is 258 g/mol. The minimum atomic E-state index is 0.112. The van der Waals surface area contributed by atoms with Crippen LogP contribution in [0, 0.1) is 6.92 Å². The Bertz CT molecular complexity index is 344. The molecule has 0 heterocycles. The highest BCUT2D eigenvalue weighted by Gasteiger charge is 2.16. The monoisotopic (exact) mass is 256 g/mol. The third kappa shape index (κ3) is 1.79. The number of rotatable bonds is 1. The lowest BCUT2D eigenvalue weighted by Crippen LogP contribution is -1.91. The van der Waals surface area contributed by atoms with Gasteiger partial charge in [0, 0.05) is 5.56 Å². The standard InChI is InChI=1S/C8H4Cl4O/c1-3-4(2-13)6(10)8(12)7(11)5(3)9/h2H,1H3. The van der Waals surface area contributed by atoms with Crippen LogP contribution in [0.3, 0.4) is 0 Å². The van der Waals surface area contributed by atoms with Gasteiger partial charge in [0.05, 0.1) is 20.1 Å². The molecule has 70 valence electrons. The van der Waals surface area contributed by atoms with E-state index in [4.69, 9.17) is 46.4 Å². The molecule has 0 atom stereocenters. The van der Waals surface area contributed by atoms with E-state index in [0.29, 0.717) is 11.8 Å². The number of carbonyl (C=O) groups excluding carboxylic acids is 1. The van der Waals surface area contributed by atoms with E-state index >= 15 is 0 Å². The van der Waals surface area contributed by atoms with Gasteiger partial charge in [0.25, 0.3) is 0 Å². The fourth-order valence-corrected chi connectivity index (χ4v) is 1.90. The molecule has 5 heteroatoms. The molecular formula is C8H4Cl4O. The van der Waals surface area contributed by atoms with Crippen LogP contribution >= 0.6 is 46.4 Å². The van der Waals surface area contributed by atoms with Gasteiger partial charge >= 0.3 is 0 Å². The average Bonchev–Trinajstić information content (AvgIpc) is 2.13. The summed E-state index contributed by atoms with van der Waals surface area (Å²) in [6.07, 6.45) is 0.603. The topological polar surface area (TPSA) is 17.1 Å². The van der Waals surface area contributed by atoms with Gasteiger partial charge in [0.1, 0.15) is 0 Å². The first-order valence-electron chi connectivity index (χ1n) is 3.28. The number of aldehydes is 1. The molecule has 1 aromatic carbocycles. The Morgan fingerprint density at radius 1 is 0.923 bits per heavy atom. The van der Waals surface area contributed by atoms with Gasteiger partial charge in [-0.2, -0.15) is 0 Å². The lowest BCUT2D eigenvalue weighted by Gasteiger charge is -2.08. The molecule has 0 unspecified atom stereocenters. The van der Waals surface area contributed by atoms with E-state index in [-0.39, 0.29) is 25.7 Å². The quantitative estimate of drug-likeness (QED) is 0.414. The van der Waals surface area contributed by atoms with E-state index < -0.39 is 0 Å².